The number of hydrogen-bond donors (Lipinski definition) is 1. The van der Waals surface area contributed by atoms with Crippen molar-refractivity contribution in [3.05, 3.63) is 12.2 Å². The fourth-order valence-electron chi connectivity index (χ4n) is 2.99. The molecule has 2 unspecified atom stereocenters. The van der Waals surface area contributed by atoms with Crippen LogP contribution in [0.4, 0.5) is 0 Å². The maximum absolute atomic E-state index is 6.09. The van der Waals surface area contributed by atoms with Gasteiger partial charge in [0.2, 0.25) is 0 Å². The van der Waals surface area contributed by atoms with Crippen LogP contribution in [0.5, 0.6) is 0 Å². The summed E-state index contributed by atoms with van der Waals surface area (Å²) in [6.45, 7) is 8.74. The van der Waals surface area contributed by atoms with Crippen LogP contribution in [0.2, 0.25) is 0 Å². The Kier molecular flexibility index (Phi) is 1.26. The molecule has 0 aromatic rings. The fourth-order valence-corrected chi connectivity index (χ4v) is 2.99. The maximum atomic E-state index is 6.09. The van der Waals surface area contributed by atoms with Crippen molar-refractivity contribution in [3.8, 4) is 0 Å². The van der Waals surface area contributed by atoms with E-state index in [1.165, 1.54) is 18.4 Å². The summed E-state index contributed by atoms with van der Waals surface area (Å²) in [6, 6.07) is 0.414. The topological polar surface area (TPSA) is 26.0 Å². The van der Waals surface area contributed by atoms with Gasteiger partial charge in [0.15, 0.2) is 0 Å². The number of rotatable bonds is 0. The lowest BCUT2D eigenvalue weighted by molar-refractivity contribution is 0.277. The molecule has 2 fully saturated rings. The Morgan fingerprint density at radius 1 is 1.45 bits per heavy atom. The minimum atomic E-state index is 0.322. The summed E-state index contributed by atoms with van der Waals surface area (Å²) in [4.78, 5) is 0. The Hall–Kier alpha value is -0.300. The predicted molar refractivity (Wildman–Crippen MR) is 47.1 cm³/mol. The van der Waals surface area contributed by atoms with Crippen LogP contribution in [0.3, 0.4) is 0 Å². The molecule has 2 aliphatic rings. The summed E-state index contributed by atoms with van der Waals surface area (Å²) in [5.41, 5.74) is 7.82. The Labute approximate surface area is 68.7 Å². The third-order valence-corrected chi connectivity index (χ3v) is 3.92. The second-order valence-corrected chi connectivity index (χ2v) is 4.61. The molecule has 0 heterocycles. The summed E-state index contributed by atoms with van der Waals surface area (Å²) in [5.74, 6) is 1.34. The molecule has 2 bridgehead atoms. The highest BCUT2D eigenvalue weighted by Crippen LogP contribution is 2.57. The first-order valence-corrected chi connectivity index (χ1v) is 4.50. The van der Waals surface area contributed by atoms with Gasteiger partial charge in [-0.3, -0.25) is 0 Å². The van der Waals surface area contributed by atoms with Gasteiger partial charge in [0.25, 0.3) is 0 Å². The third kappa shape index (κ3) is 0.698. The fraction of sp³-hybridized carbons (Fsp3) is 0.800. The van der Waals surface area contributed by atoms with Crippen molar-refractivity contribution in [2.24, 2.45) is 23.0 Å². The molecule has 1 heteroatoms. The van der Waals surface area contributed by atoms with Crippen molar-refractivity contribution in [2.75, 3.05) is 0 Å². The van der Waals surface area contributed by atoms with Crippen molar-refractivity contribution in [1.82, 2.24) is 0 Å². The molecule has 11 heavy (non-hydrogen) atoms. The molecule has 2 rings (SSSR count). The highest BCUT2D eigenvalue weighted by molar-refractivity contribution is 5.27. The van der Waals surface area contributed by atoms with Gasteiger partial charge in [0.1, 0.15) is 0 Å². The van der Waals surface area contributed by atoms with Crippen LogP contribution in [0.25, 0.3) is 0 Å². The third-order valence-electron chi connectivity index (χ3n) is 3.92. The highest BCUT2D eigenvalue weighted by Gasteiger charge is 2.53. The van der Waals surface area contributed by atoms with E-state index in [-0.39, 0.29) is 0 Å². The molecule has 0 radical (unpaired) electrons. The number of hydrogen-bond acceptors (Lipinski definition) is 1. The van der Waals surface area contributed by atoms with Crippen LogP contribution in [0.15, 0.2) is 12.2 Å². The maximum Gasteiger partial charge on any atom is 0.0141 e. The van der Waals surface area contributed by atoms with Crippen LogP contribution < -0.4 is 5.73 Å². The van der Waals surface area contributed by atoms with Crippen LogP contribution >= 0.6 is 0 Å². The summed E-state index contributed by atoms with van der Waals surface area (Å²) < 4.78 is 0. The van der Waals surface area contributed by atoms with Gasteiger partial charge in [0.05, 0.1) is 0 Å². The molecule has 3 atom stereocenters. The van der Waals surface area contributed by atoms with Crippen LogP contribution in [0.1, 0.15) is 26.7 Å². The molecular formula is C10H17N. The highest BCUT2D eigenvalue weighted by atomic mass is 14.8. The predicted octanol–water partition coefficient (Wildman–Crippen LogP) is 1.94. The Bertz CT molecular complexity index is 205. The first kappa shape index (κ1) is 7.35. The van der Waals surface area contributed by atoms with Crippen molar-refractivity contribution in [2.45, 2.75) is 32.7 Å². The molecule has 0 spiro atoms. The van der Waals surface area contributed by atoms with Crippen LogP contribution in [-0.4, -0.2) is 6.04 Å². The van der Waals surface area contributed by atoms with Gasteiger partial charge in [0, 0.05) is 6.04 Å². The average molecular weight is 151 g/mol. The number of fused-ring (bicyclic) bond motifs is 2. The minimum absolute atomic E-state index is 0.322. The SMILES string of the molecule is C=C1C2CC[C@H](C2N)C1(C)C. The standard InChI is InChI=1S/C10H17N/c1-6-7-4-5-8(9(7)11)10(6,2)3/h7-9H,1,4-5,11H2,2-3H3/t7?,8-,9?/m1/s1. The van der Waals surface area contributed by atoms with E-state index in [4.69, 9.17) is 5.73 Å². The summed E-state index contributed by atoms with van der Waals surface area (Å²) in [7, 11) is 0. The second kappa shape index (κ2) is 1.89. The van der Waals surface area contributed by atoms with Crippen LogP contribution in [-0.2, 0) is 0 Å². The van der Waals surface area contributed by atoms with E-state index in [0.717, 1.165) is 0 Å². The monoisotopic (exact) mass is 151 g/mol. The van der Waals surface area contributed by atoms with Crippen molar-refractivity contribution >= 4 is 0 Å². The quantitative estimate of drug-likeness (QED) is 0.526. The molecule has 2 aliphatic carbocycles. The van der Waals surface area contributed by atoms with Gasteiger partial charge in [-0.25, -0.2) is 0 Å². The molecular weight excluding hydrogens is 134 g/mol. The van der Waals surface area contributed by atoms with E-state index in [9.17, 15) is 0 Å². The molecule has 62 valence electrons. The van der Waals surface area contributed by atoms with E-state index in [0.29, 0.717) is 23.3 Å². The molecule has 0 amide bonds. The largest absolute Gasteiger partial charge is 0.327 e. The molecule has 2 N–H and O–H groups in total. The smallest absolute Gasteiger partial charge is 0.0141 e. The molecule has 0 saturated heterocycles. The summed E-state index contributed by atoms with van der Waals surface area (Å²) >= 11 is 0. The second-order valence-electron chi connectivity index (χ2n) is 4.61. The van der Waals surface area contributed by atoms with E-state index < -0.39 is 0 Å². The van der Waals surface area contributed by atoms with Crippen molar-refractivity contribution in [1.29, 1.82) is 0 Å². The zero-order valence-corrected chi connectivity index (χ0v) is 7.43. The molecule has 1 nitrogen and oxygen atoms in total. The van der Waals surface area contributed by atoms with Gasteiger partial charge in [-0.05, 0) is 30.1 Å². The van der Waals surface area contributed by atoms with E-state index in [1.54, 1.807) is 0 Å². The first-order valence-electron chi connectivity index (χ1n) is 4.50. The van der Waals surface area contributed by atoms with Gasteiger partial charge >= 0.3 is 0 Å². The van der Waals surface area contributed by atoms with Crippen LogP contribution in [0, 0.1) is 17.3 Å². The molecule has 0 aromatic carbocycles. The summed E-state index contributed by atoms with van der Waals surface area (Å²) in [5, 5.41) is 0. The van der Waals surface area contributed by atoms with E-state index in [1.807, 2.05) is 0 Å². The van der Waals surface area contributed by atoms with E-state index >= 15 is 0 Å². The zero-order chi connectivity index (χ0) is 8.22. The van der Waals surface area contributed by atoms with E-state index in [2.05, 4.69) is 20.4 Å². The van der Waals surface area contributed by atoms with Crippen molar-refractivity contribution in [3.63, 3.8) is 0 Å². The lowest BCUT2D eigenvalue weighted by atomic mass is 9.73. The van der Waals surface area contributed by atoms with Crippen molar-refractivity contribution < 1.29 is 0 Å². The van der Waals surface area contributed by atoms with Gasteiger partial charge < -0.3 is 5.73 Å². The number of nitrogens with two attached hydrogens (primary N) is 1. The summed E-state index contributed by atoms with van der Waals surface area (Å²) in [6.07, 6.45) is 2.60. The lowest BCUT2D eigenvalue weighted by Gasteiger charge is -2.31. The van der Waals surface area contributed by atoms with Gasteiger partial charge in [-0.2, -0.15) is 0 Å². The van der Waals surface area contributed by atoms with Gasteiger partial charge in [-0.15, -0.1) is 0 Å². The zero-order valence-electron chi connectivity index (χ0n) is 7.43. The average Bonchev–Trinajstić information content (AvgIpc) is 2.34. The molecule has 2 saturated carbocycles. The molecule has 0 aromatic heterocycles. The Morgan fingerprint density at radius 3 is 2.36 bits per heavy atom. The Balaban J connectivity index is 2.38. The minimum Gasteiger partial charge on any atom is -0.327 e. The molecule has 0 aliphatic heterocycles. The lowest BCUT2D eigenvalue weighted by Crippen LogP contribution is -2.29. The van der Waals surface area contributed by atoms with Gasteiger partial charge in [-0.1, -0.05) is 26.0 Å². The first-order chi connectivity index (χ1) is 5.05. The normalized spacial score (nSPS) is 46.8. The Morgan fingerprint density at radius 2 is 2.09 bits per heavy atom.